The number of phenols is 4. The Kier molecular flexibility index (Phi) is 2.70. The van der Waals surface area contributed by atoms with Crippen LogP contribution in [0.2, 0.25) is 0 Å². The normalized spacial score (nSPS) is 10.7. The Bertz CT molecular complexity index is 435. The first kappa shape index (κ1) is 10.7. The highest BCUT2D eigenvalue weighted by molar-refractivity contribution is 5.87. The van der Waals surface area contributed by atoms with Crippen LogP contribution in [-0.2, 0) is 4.79 Å². The van der Waals surface area contributed by atoms with Crippen molar-refractivity contribution in [3.63, 3.8) is 0 Å². The minimum Gasteiger partial charge on any atom is -0.507 e. The molecule has 0 aliphatic carbocycles. The minimum atomic E-state index is -1.28. The fourth-order valence-electron chi connectivity index (χ4n) is 0.965. The fourth-order valence-corrected chi connectivity index (χ4v) is 0.965. The largest absolute Gasteiger partial charge is 0.507 e. The summed E-state index contributed by atoms with van der Waals surface area (Å²) in [6.07, 6.45) is 1.57. The van der Waals surface area contributed by atoms with Crippen molar-refractivity contribution in [2.75, 3.05) is 0 Å². The molecular weight excluding hydrogens is 204 g/mol. The Morgan fingerprint density at radius 1 is 1.07 bits per heavy atom. The second kappa shape index (κ2) is 3.79. The van der Waals surface area contributed by atoms with Crippen LogP contribution >= 0.6 is 0 Å². The summed E-state index contributed by atoms with van der Waals surface area (Å²) in [7, 11) is 0. The molecule has 0 aliphatic heterocycles. The summed E-state index contributed by atoms with van der Waals surface area (Å²) in [5.41, 5.74) is -0.285. The smallest absolute Gasteiger partial charge is 0.328 e. The van der Waals surface area contributed by atoms with Crippen LogP contribution in [0.3, 0.4) is 0 Å². The zero-order valence-corrected chi connectivity index (χ0v) is 7.38. The van der Waals surface area contributed by atoms with Gasteiger partial charge in [0.2, 0.25) is 5.75 Å². The first-order valence-electron chi connectivity index (χ1n) is 3.81. The highest BCUT2D eigenvalue weighted by Gasteiger charge is 2.14. The van der Waals surface area contributed by atoms with Crippen LogP contribution in [0.4, 0.5) is 0 Å². The van der Waals surface area contributed by atoms with Gasteiger partial charge in [-0.3, -0.25) is 0 Å². The predicted molar refractivity (Wildman–Crippen MR) is 49.8 cm³/mol. The number of rotatable bonds is 2. The number of phenolic OH excluding ortho intramolecular Hbond substituents is 4. The van der Waals surface area contributed by atoms with Crippen LogP contribution in [0, 0.1) is 0 Å². The van der Waals surface area contributed by atoms with Crippen molar-refractivity contribution in [3.05, 3.63) is 17.7 Å². The number of carbonyl (C=O) groups is 1. The first-order valence-corrected chi connectivity index (χ1v) is 3.81. The van der Waals surface area contributed by atoms with Crippen LogP contribution in [0.25, 0.3) is 6.08 Å². The van der Waals surface area contributed by atoms with E-state index in [2.05, 4.69) is 0 Å². The van der Waals surface area contributed by atoms with Crippen LogP contribution in [0.5, 0.6) is 23.0 Å². The van der Waals surface area contributed by atoms with Gasteiger partial charge in [0.1, 0.15) is 5.75 Å². The molecule has 1 aromatic carbocycles. The van der Waals surface area contributed by atoms with Crippen molar-refractivity contribution < 1.29 is 30.3 Å². The van der Waals surface area contributed by atoms with E-state index in [9.17, 15) is 15.0 Å². The molecule has 0 saturated carbocycles. The molecule has 1 rings (SSSR count). The van der Waals surface area contributed by atoms with Gasteiger partial charge in [0.25, 0.3) is 0 Å². The number of aliphatic carboxylic acids is 1. The monoisotopic (exact) mass is 212 g/mol. The van der Waals surface area contributed by atoms with E-state index >= 15 is 0 Å². The van der Waals surface area contributed by atoms with Crippen molar-refractivity contribution in [1.82, 2.24) is 0 Å². The molecule has 0 aliphatic rings. The molecule has 0 atom stereocenters. The molecule has 0 radical (unpaired) electrons. The lowest BCUT2D eigenvalue weighted by Crippen LogP contribution is -1.86. The molecule has 0 spiro atoms. The van der Waals surface area contributed by atoms with Crippen molar-refractivity contribution >= 4 is 12.0 Å². The van der Waals surface area contributed by atoms with Gasteiger partial charge in [-0.2, -0.15) is 0 Å². The molecule has 0 unspecified atom stereocenters. The van der Waals surface area contributed by atoms with Crippen molar-refractivity contribution in [2.24, 2.45) is 0 Å². The predicted octanol–water partition coefficient (Wildman–Crippen LogP) is 0.607. The quantitative estimate of drug-likeness (QED) is 0.278. The van der Waals surface area contributed by atoms with Gasteiger partial charge in [-0.05, 0) is 6.08 Å². The summed E-state index contributed by atoms with van der Waals surface area (Å²) in [5, 5.41) is 44.9. The average Bonchev–Trinajstić information content (AvgIpc) is 2.14. The molecule has 0 bridgehead atoms. The molecular formula is C9H8O6. The Morgan fingerprint density at radius 3 is 2.20 bits per heavy atom. The van der Waals surface area contributed by atoms with Crippen LogP contribution in [0.15, 0.2) is 12.1 Å². The second-order valence-electron chi connectivity index (χ2n) is 2.70. The van der Waals surface area contributed by atoms with Gasteiger partial charge in [0.05, 0.1) is 5.56 Å². The Morgan fingerprint density at radius 2 is 1.67 bits per heavy atom. The third-order valence-corrected chi connectivity index (χ3v) is 1.66. The molecule has 80 valence electrons. The number of carboxylic acid groups (broad SMARTS) is 1. The summed E-state index contributed by atoms with van der Waals surface area (Å²) in [6.45, 7) is 0. The van der Waals surface area contributed by atoms with Gasteiger partial charge < -0.3 is 25.5 Å². The number of carboxylic acids is 1. The van der Waals surface area contributed by atoms with E-state index in [1.54, 1.807) is 0 Å². The van der Waals surface area contributed by atoms with Crippen LogP contribution in [-0.4, -0.2) is 31.5 Å². The maximum atomic E-state index is 10.2. The highest BCUT2D eigenvalue weighted by Crippen LogP contribution is 2.42. The molecule has 6 nitrogen and oxygen atoms in total. The Balaban J connectivity index is 3.30. The fraction of sp³-hybridized carbons (Fsp3) is 0. The topological polar surface area (TPSA) is 118 Å². The summed E-state index contributed by atoms with van der Waals surface area (Å²) in [5.74, 6) is -4.12. The number of hydrogen-bond donors (Lipinski definition) is 5. The highest BCUT2D eigenvalue weighted by atomic mass is 16.4. The molecule has 0 fully saturated rings. The lowest BCUT2D eigenvalue weighted by molar-refractivity contribution is -0.131. The van der Waals surface area contributed by atoms with Gasteiger partial charge in [-0.15, -0.1) is 0 Å². The number of hydrogen-bond acceptors (Lipinski definition) is 5. The zero-order chi connectivity index (χ0) is 11.6. The molecule has 0 amide bonds. The zero-order valence-electron chi connectivity index (χ0n) is 7.38. The third kappa shape index (κ3) is 2.11. The van der Waals surface area contributed by atoms with Crippen molar-refractivity contribution in [3.8, 4) is 23.0 Å². The molecule has 0 heterocycles. The minimum absolute atomic E-state index is 0.285. The number of aromatic hydroxyl groups is 4. The van der Waals surface area contributed by atoms with Crippen LogP contribution < -0.4 is 0 Å². The van der Waals surface area contributed by atoms with Gasteiger partial charge in [-0.25, -0.2) is 4.79 Å². The van der Waals surface area contributed by atoms with E-state index in [4.69, 9.17) is 15.3 Å². The Labute approximate surface area is 84.0 Å². The van der Waals surface area contributed by atoms with Gasteiger partial charge in [0, 0.05) is 12.1 Å². The molecule has 15 heavy (non-hydrogen) atoms. The van der Waals surface area contributed by atoms with Gasteiger partial charge in [0.15, 0.2) is 11.5 Å². The van der Waals surface area contributed by atoms with Crippen molar-refractivity contribution in [2.45, 2.75) is 0 Å². The standard InChI is InChI=1S/C9H8O6/c10-5-3-6(11)9(15)8(14)4(5)1-2-7(12)13/h1-3,10-11,14-15H,(H,12,13). The average molecular weight is 212 g/mol. The molecule has 5 N–H and O–H groups in total. The maximum absolute atomic E-state index is 10.2. The summed E-state index contributed by atoms with van der Waals surface area (Å²) in [4.78, 5) is 10.2. The molecule has 1 aromatic rings. The third-order valence-electron chi connectivity index (χ3n) is 1.66. The lowest BCUT2D eigenvalue weighted by atomic mass is 10.1. The van der Waals surface area contributed by atoms with E-state index in [-0.39, 0.29) is 5.56 Å². The van der Waals surface area contributed by atoms with E-state index in [0.29, 0.717) is 6.08 Å². The second-order valence-corrected chi connectivity index (χ2v) is 2.70. The summed E-state index contributed by atoms with van der Waals surface area (Å²) < 4.78 is 0. The summed E-state index contributed by atoms with van der Waals surface area (Å²) >= 11 is 0. The molecule has 0 aromatic heterocycles. The van der Waals surface area contributed by atoms with E-state index < -0.39 is 29.0 Å². The van der Waals surface area contributed by atoms with E-state index in [1.165, 1.54) is 0 Å². The van der Waals surface area contributed by atoms with Crippen molar-refractivity contribution in [1.29, 1.82) is 0 Å². The SMILES string of the molecule is O=C(O)C=Cc1c(O)cc(O)c(O)c1O. The lowest BCUT2D eigenvalue weighted by Gasteiger charge is -2.06. The summed E-state index contributed by atoms with van der Waals surface area (Å²) in [6, 6.07) is 0.788. The van der Waals surface area contributed by atoms with E-state index in [1.807, 2.05) is 0 Å². The Hall–Kier alpha value is -2.37. The van der Waals surface area contributed by atoms with E-state index in [0.717, 1.165) is 12.1 Å². The van der Waals surface area contributed by atoms with Gasteiger partial charge in [-0.1, -0.05) is 0 Å². The maximum Gasteiger partial charge on any atom is 0.328 e. The van der Waals surface area contributed by atoms with Gasteiger partial charge >= 0.3 is 5.97 Å². The first-order chi connectivity index (χ1) is 6.93. The number of benzene rings is 1. The molecule has 6 heteroatoms. The molecule has 0 saturated heterocycles. The van der Waals surface area contributed by atoms with Crippen LogP contribution in [0.1, 0.15) is 5.56 Å².